The molecule has 19 heavy (non-hydrogen) atoms. The van der Waals surface area contributed by atoms with Crippen molar-refractivity contribution in [1.82, 2.24) is 9.97 Å². The molecule has 1 aromatic heterocycles. The summed E-state index contributed by atoms with van der Waals surface area (Å²) in [7, 11) is 1.64. The van der Waals surface area contributed by atoms with Crippen molar-refractivity contribution in [3.8, 4) is 5.75 Å². The number of aryl methyl sites for hydroxylation is 1. The molecule has 0 unspecified atom stereocenters. The van der Waals surface area contributed by atoms with Crippen LogP contribution in [-0.2, 0) is 0 Å². The molecule has 0 radical (unpaired) electrons. The zero-order chi connectivity index (χ0) is 13.8. The van der Waals surface area contributed by atoms with Crippen molar-refractivity contribution in [2.75, 3.05) is 12.4 Å². The monoisotopic (exact) mass is 274 g/mol. The standard InChI is InChI=1S/C13H14N4OS/c1-8-7-9(3-4-10(8)18-2)17-13-11(12(14)19)15-5-6-16-13/h3-7H,1-2H3,(H2,14,19)(H,16,17). The van der Waals surface area contributed by atoms with Crippen molar-refractivity contribution < 1.29 is 4.74 Å². The van der Waals surface area contributed by atoms with E-state index in [1.165, 1.54) is 0 Å². The van der Waals surface area contributed by atoms with E-state index in [2.05, 4.69) is 15.3 Å². The highest BCUT2D eigenvalue weighted by atomic mass is 32.1. The van der Waals surface area contributed by atoms with E-state index < -0.39 is 0 Å². The number of hydrogen-bond acceptors (Lipinski definition) is 5. The second kappa shape index (κ2) is 5.62. The number of methoxy groups -OCH3 is 1. The summed E-state index contributed by atoms with van der Waals surface area (Å²) in [4.78, 5) is 8.52. The fourth-order valence-corrected chi connectivity index (χ4v) is 1.85. The average molecular weight is 274 g/mol. The number of nitrogens with two attached hydrogens (primary N) is 1. The third-order valence-electron chi connectivity index (χ3n) is 2.59. The molecule has 0 amide bonds. The van der Waals surface area contributed by atoms with Crippen molar-refractivity contribution in [2.24, 2.45) is 5.73 Å². The molecule has 0 saturated heterocycles. The van der Waals surface area contributed by atoms with Crippen LogP contribution in [0, 0.1) is 6.92 Å². The van der Waals surface area contributed by atoms with Crippen molar-refractivity contribution in [3.63, 3.8) is 0 Å². The molecule has 6 heteroatoms. The van der Waals surface area contributed by atoms with Gasteiger partial charge in [0.05, 0.1) is 7.11 Å². The molecule has 1 heterocycles. The van der Waals surface area contributed by atoms with Crippen molar-refractivity contribution in [3.05, 3.63) is 41.9 Å². The van der Waals surface area contributed by atoms with Gasteiger partial charge in [0.2, 0.25) is 0 Å². The van der Waals surface area contributed by atoms with Gasteiger partial charge in [-0.25, -0.2) is 9.97 Å². The zero-order valence-corrected chi connectivity index (χ0v) is 11.5. The summed E-state index contributed by atoms with van der Waals surface area (Å²) >= 11 is 4.95. The first-order valence-corrected chi connectivity index (χ1v) is 6.05. The molecule has 2 aromatic rings. The van der Waals surface area contributed by atoms with Crippen LogP contribution < -0.4 is 15.8 Å². The van der Waals surface area contributed by atoms with E-state index in [1.807, 2.05) is 25.1 Å². The minimum atomic E-state index is 0.209. The largest absolute Gasteiger partial charge is 0.496 e. The number of ether oxygens (including phenoxy) is 1. The highest BCUT2D eigenvalue weighted by molar-refractivity contribution is 7.80. The Kier molecular flexibility index (Phi) is 3.91. The molecule has 0 aliphatic carbocycles. The lowest BCUT2D eigenvalue weighted by molar-refractivity contribution is 0.412. The summed E-state index contributed by atoms with van der Waals surface area (Å²) in [6.45, 7) is 1.97. The molecule has 0 aliphatic rings. The van der Waals surface area contributed by atoms with Gasteiger partial charge in [-0.05, 0) is 30.7 Å². The highest BCUT2D eigenvalue weighted by Gasteiger charge is 2.08. The fourth-order valence-electron chi connectivity index (χ4n) is 1.70. The van der Waals surface area contributed by atoms with Gasteiger partial charge in [-0.2, -0.15) is 0 Å². The second-order valence-electron chi connectivity index (χ2n) is 3.93. The number of nitrogens with zero attached hydrogens (tertiary/aromatic N) is 2. The van der Waals surface area contributed by atoms with Gasteiger partial charge >= 0.3 is 0 Å². The lowest BCUT2D eigenvalue weighted by Gasteiger charge is -2.11. The van der Waals surface area contributed by atoms with Crippen LogP contribution in [0.2, 0.25) is 0 Å². The van der Waals surface area contributed by atoms with Gasteiger partial charge in [-0.15, -0.1) is 0 Å². The summed E-state index contributed by atoms with van der Waals surface area (Å²) < 4.78 is 5.22. The third kappa shape index (κ3) is 2.97. The minimum Gasteiger partial charge on any atom is -0.496 e. The van der Waals surface area contributed by atoms with Gasteiger partial charge in [0.25, 0.3) is 0 Å². The number of nitrogens with one attached hydrogen (secondary N) is 1. The first-order chi connectivity index (χ1) is 9.11. The van der Waals surface area contributed by atoms with Gasteiger partial charge in [-0.3, -0.25) is 0 Å². The maximum Gasteiger partial charge on any atom is 0.159 e. The Balaban J connectivity index is 2.31. The van der Waals surface area contributed by atoms with E-state index in [0.29, 0.717) is 11.5 Å². The summed E-state index contributed by atoms with van der Waals surface area (Å²) in [5.41, 5.74) is 7.98. The topological polar surface area (TPSA) is 73.1 Å². The molecular formula is C13H14N4OS. The number of benzene rings is 1. The van der Waals surface area contributed by atoms with Crippen LogP contribution in [0.5, 0.6) is 5.75 Å². The number of aromatic nitrogens is 2. The Morgan fingerprint density at radius 1 is 1.32 bits per heavy atom. The number of hydrogen-bond donors (Lipinski definition) is 2. The van der Waals surface area contributed by atoms with Crippen LogP contribution in [-0.4, -0.2) is 22.1 Å². The van der Waals surface area contributed by atoms with Crippen molar-refractivity contribution in [2.45, 2.75) is 6.92 Å². The Bertz CT molecular complexity index is 615. The summed E-state index contributed by atoms with van der Waals surface area (Å²) in [6, 6.07) is 5.73. The van der Waals surface area contributed by atoms with E-state index in [9.17, 15) is 0 Å². The third-order valence-corrected chi connectivity index (χ3v) is 2.78. The van der Waals surface area contributed by atoms with Crippen LogP contribution in [0.1, 0.15) is 11.3 Å². The van der Waals surface area contributed by atoms with E-state index in [-0.39, 0.29) is 4.99 Å². The molecule has 0 aliphatic heterocycles. The molecular weight excluding hydrogens is 260 g/mol. The molecule has 3 N–H and O–H groups in total. The van der Waals surface area contributed by atoms with Gasteiger partial charge in [-0.1, -0.05) is 12.2 Å². The van der Waals surface area contributed by atoms with Gasteiger partial charge in [0, 0.05) is 18.1 Å². The van der Waals surface area contributed by atoms with Crippen LogP contribution in [0.15, 0.2) is 30.6 Å². The van der Waals surface area contributed by atoms with Gasteiger partial charge in [0.1, 0.15) is 16.4 Å². The molecule has 0 saturated carbocycles. The Labute approximate surface area is 116 Å². The molecule has 1 aromatic carbocycles. The normalized spacial score (nSPS) is 10.0. The Morgan fingerprint density at radius 2 is 2.05 bits per heavy atom. The summed E-state index contributed by atoms with van der Waals surface area (Å²) in [6.07, 6.45) is 3.14. The minimum absolute atomic E-state index is 0.209. The van der Waals surface area contributed by atoms with Gasteiger partial charge in [0.15, 0.2) is 5.82 Å². The van der Waals surface area contributed by atoms with Crippen LogP contribution >= 0.6 is 12.2 Å². The van der Waals surface area contributed by atoms with E-state index in [1.54, 1.807) is 19.5 Å². The highest BCUT2D eigenvalue weighted by Crippen LogP contribution is 2.24. The molecule has 0 atom stereocenters. The van der Waals surface area contributed by atoms with E-state index in [4.69, 9.17) is 22.7 Å². The average Bonchev–Trinajstić information content (AvgIpc) is 2.39. The van der Waals surface area contributed by atoms with Crippen LogP contribution in [0.3, 0.4) is 0 Å². The van der Waals surface area contributed by atoms with Crippen LogP contribution in [0.25, 0.3) is 0 Å². The first kappa shape index (κ1) is 13.2. The first-order valence-electron chi connectivity index (χ1n) is 5.64. The predicted molar refractivity (Wildman–Crippen MR) is 78.9 cm³/mol. The SMILES string of the molecule is COc1ccc(Nc2nccnc2C(N)=S)cc1C. The summed E-state index contributed by atoms with van der Waals surface area (Å²) in [5.74, 6) is 1.37. The second-order valence-corrected chi connectivity index (χ2v) is 4.37. The number of thiocarbonyl (C=S) groups is 1. The Hall–Kier alpha value is -2.21. The van der Waals surface area contributed by atoms with E-state index in [0.717, 1.165) is 17.0 Å². The molecule has 0 bridgehead atoms. The fraction of sp³-hybridized carbons (Fsp3) is 0.154. The lowest BCUT2D eigenvalue weighted by Crippen LogP contribution is -2.14. The molecule has 2 rings (SSSR count). The molecule has 5 nitrogen and oxygen atoms in total. The molecule has 0 fully saturated rings. The van der Waals surface area contributed by atoms with Crippen molar-refractivity contribution >= 4 is 28.7 Å². The number of rotatable bonds is 4. The smallest absolute Gasteiger partial charge is 0.159 e. The van der Waals surface area contributed by atoms with E-state index >= 15 is 0 Å². The Morgan fingerprint density at radius 3 is 2.68 bits per heavy atom. The quantitative estimate of drug-likeness (QED) is 0.832. The predicted octanol–water partition coefficient (Wildman–Crippen LogP) is 2.17. The van der Waals surface area contributed by atoms with Crippen molar-refractivity contribution in [1.29, 1.82) is 0 Å². The molecule has 0 spiro atoms. The molecule has 98 valence electrons. The maximum atomic E-state index is 5.61. The maximum absolute atomic E-state index is 5.61. The summed E-state index contributed by atoms with van der Waals surface area (Å²) in [5, 5.41) is 3.15. The zero-order valence-electron chi connectivity index (χ0n) is 10.7. The number of anilines is 2. The lowest BCUT2D eigenvalue weighted by atomic mass is 10.2. The van der Waals surface area contributed by atoms with Crippen LogP contribution in [0.4, 0.5) is 11.5 Å². The van der Waals surface area contributed by atoms with Gasteiger partial charge < -0.3 is 15.8 Å².